The Hall–Kier alpha value is -3.42. The van der Waals surface area contributed by atoms with Gasteiger partial charge >= 0.3 is 0 Å². The van der Waals surface area contributed by atoms with E-state index in [1.165, 1.54) is 18.3 Å². The van der Waals surface area contributed by atoms with Crippen molar-refractivity contribution < 1.29 is 19.0 Å². The Balaban J connectivity index is 1.45. The molecule has 4 aromatic rings. The molecule has 0 spiro atoms. The number of rotatable bonds is 6. The molecule has 0 aliphatic carbocycles. The zero-order chi connectivity index (χ0) is 23.4. The molecule has 8 heteroatoms. The van der Waals surface area contributed by atoms with Crippen LogP contribution in [0, 0.1) is 5.82 Å². The minimum Gasteiger partial charge on any atom is -0.507 e. The molecule has 2 N–H and O–H groups in total. The number of phenols is 1. The Morgan fingerprint density at radius 1 is 1.09 bits per heavy atom. The normalized spacial score (nSPS) is 11.1. The third-order valence-corrected chi connectivity index (χ3v) is 5.71. The van der Waals surface area contributed by atoms with Gasteiger partial charge in [0.15, 0.2) is 5.75 Å². The number of hydrazone groups is 1. The first-order valence-electron chi connectivity index (χ1n) is 9.83. The van der Waals surface area contributed by atoms with E-state index in [-0.39, 0.29) is 23.7 Å². The van der Waals surface area contributed by atoms with E-state index in [4.69, 9.17) is 16.3 Å². The van der Waals surface area contributed by atoms with Crippen LogP contribution in [-0.4, -0.2) is 17.2 Å². The first kappa shape index (κ1) is 22.8. The summed E-state index contributed by atoms with van der Waals surface area (Å²) in [6.07, 6.45) is 1.41. The smallest absolute Gasteiger partial charge is 0.275 e. The fourth-order valence-corrected chi connectivity index (χ4v) is 4.18. The van der Waals surface area contributed by atoms with Gasteiger partial charge in [0.25, 0.3) is 5.91 Å². The number of phenolic OH excluding ortho intramolecular Hbond substituents is 1. The predicted octanol–water partition coefficient (Wildman–Crippen LogP) is 6.44. The van der Waals surface area contributed by atoms with E-state index in [9.17, 15) is 14.3 Å². The molecule has 0 aliphatic heterocycles. The quantitative estimate of drug-likeness (QED) is 0.224. The van der Waals surface area contributed by atoms with Gasteiger partial charge in [0, 0.05) is 5.56 Å². The lowest BCUT2D eigenvalue weighted by molar-refractivity contribution is 0.0952. The first-order valence-corrected chi connectivity index (χ1v) is 11.0. The molecule has 0 saturated carbocycles. The van der Waals surface area contributed by atoms with Crippen LogP contribution in [0.2, 0.25) is 5.02 Å². The highest BCUT2D eigenvalue weighted by atomic mass is 79.9. The minimum atomic E-state index is -0.551. The lowest BCUT2D eigenvalue weighted by Crippen LogP contribution is -2.17. The minimum absolute atomic E-state index is 0.0176. The Morgan fingerprint density at radius 3 is 2.52 bits per heavy atom. The molecule has 0 bridgehead atoms. The first-order chi connectivity index (χ1) is 15.9. The van der Waals surface area contributed by atoms with Gasteiger partial charge < -0.3 is 9.84 Å². The highest BCUT2D eigenvalue weighted by Crippen LogP contribution is 2.35. The Kier molecular flexibility index (Phi) is 6.91. The van der Waals surface area contributed by atoms with Gasteiger partial charge in [-0.25, -0.2) is 9.82 Å². The fraction of sp³-hybridized carbons (Fsp3) is 0.0400. The van der Waals surface area contributed by atoms with Crippen LogP contribution < -0.4 is 10.2 Å². The molecule has 0 saturated heterocycles. The van der Waals surface area contributed by atoms with Gasteiger partial charge in [0.1, 0.15) is 18.2 Å². The number of halogens is 3. The van der Waals surface area contributed by atoms with Crippen LogP contribution in [0.4, 0.5) is 4.39 Å². The zero-order valence-corrected chi connectivity index (χ0v) is 19.4. The van der Waals surface area contributed by atoms with Gasteiger partial charge in [-0.3, -0.25) is 4.79 Å². The Bertz CT molecular complexity index is 1350. The van der Waals surface area contributed by atoms with E-state index in [0.29, 0.717) is 26.4 Å². The predicted molar refractivity (Wildman–Crippen MR) is 131 cm³/mol. The van der Waals surface area contributed by atoms with Crippen LogP contribution in [0.25, 0.3) is 10.8 Å². The highest BCUT2D eigenvalue weighted by molar-refractivity contribution is 9.10. The number of hydrogen-bond acceptors (Lipinski definition) is 4. The van der Waals surface area contributed by atoms with Crippen molar-refractivity contribution in [3.63, 3.8) is 0 Å². The summed E-state index contributed by atoms with van der Waals surface area (Å²) >= 11 is 9.72. The molecular weight excluding hydrogens is 511 g/mol. The van der Waals surface area contributed by atoms with E-state index in [1.54, 1.807) is 36.4 Å². The van der Waals surface area contributed by atoms with Gasteiger partial charge in [-0.05, 0) is 62.6 Å². The van der Waals surface area contributed by atoms with E-state index >= 15 is 0 Å². The number of benzene rings is 4. The molecule has 33 heavy (non-hydrogen) atoms. The molecule has 0 aromatic heterocycles. The largest absolute Gasteiger partial charge is 0.507 e. The summed E-state index contributed by atoms with van der Waals surface area (Å²) in [5, 5.41) is 16.1. The van der Waals surface area contributed by atoms with E-state index in [0.717, 1.165) is 10.8 Å². The molecule has 166 valence electrons. The molecule has 4 aromatic carbocycles. The number of fused-ring (bicyclic) bond motifs is 1. The van der Waals surface area contributed by atoms with Crippen molar-refractivity contribution in [1.82, 2.24) is 5.43 Å². The molecule has 0 aliphatic rings. The van der Waals surface area contributed by atoms with Crippen molar-refractivity contribution >= 4 is 50.4 Å². The Morgan fingerprint density at radius 2 is 1.79 bits per heavy atom. The van der Waals surface area contributed by atoms with Crippen molar-refractivity contribution in [2.24, 2.45) is 5.10 Å². The maximum Gasteiger partial charge on any atom is 0.275 e. The average Bonchev–Trinajstić information content (AvgIpc) is 2.79. The number of nitrogens with zero attached hydrogens (tertiary/aromatic N) is 1. The molecule has 0 radical (unpaired) electrons. The second-order valence-electron chi connectivity index (χ2n) is 7.11. The highest BCUT2D eigenvalue weighted by Gasteiger charge is 2.13. The van der Waals surface area contributed by atoms with E-state index < -0.39 is 5.91 Å². The number of carbonyl (C=O) groups is 1. The summed E-state index contributed by atoms with van der Waals surface area (Å²) in [5.74, 6) is -0.683. The van der Waals surface area contributed by atoms with Crippen LogP contribution in [0.5, 0.6) is 11.5 Å². The SMILES string of the molecule is O=C(NN=Cc1cc(Cl)c(OCc2ccccc2F)c(Br)c1)c1cc2ccccc2cc1O. The van der Waals surface area contributed by atoms with Crippen molar-refractivity contribution in [2.75, 3.05) is 0 Å². The number of hydrogen-bond donors (Lipinski definition) is 2. The Labute approximate surface area is 202 Å². The number of aromatic hydroxyl groups is 1. The summed E-state index contributed by atoms with van der Waals surface area (Å²) < 4.78 is 20.0. The van der Waals surface area contributed by atoms with E-state index in [1.807, 2.05) is 24.3 Å². The summed E-state index contributed by atoms with van der Waals surface area (Å²) in [4.78, 5) is 12.5. The van der Waals surface area contributed by atoms with Crippen LogP contribution in [0.3, 0.4) is 0 Å². The summed E-state index contributed by atoms with van der Waals surface area (Å²) in [6, 6.07) is 20.2. The summed E-state index contributed by atoms with van der Waals surface area (Å²) in [7, 11) is 0. The van der Waals surface area contributed by atoms with Gasteiger partial charge in [-0.2, -0.15) is 5.10 Å². The molecule has 0 atom stereocenters. The van der Waals surface area contributed by atoms with Crippen LogP contribution in [0.15, 0.2) is 82.4 Å². The van der Waals surface area contributed by atoms with Gasteiger partial charge in [-0.15, -0.1) is 0 Å². The summed E-state index contributed by atoms with van der Waals surface area (Å²) in [6.45, 7) is 0.0176. The van der Waals surface area contributed by atoms with Gasteiger partial charge in [0.2, 0.25) is 0 Å². The lowest BCUT2D eigenvalue weighted by Gasteiger charge is -2.11. The maximum absolute atomic E-state index is 13.8. The van der Waals surface area contributed by atoms with Gasteiger partial charge in [0.05, 0.1) is 21.3 Å². The number of ether oxygens (including phenoxy) is 1. The maximum atomic E-state index is 13.8. The van der Waals surface area contributed by atoms with Crippen molar-refractivity contribution in [2.45, 2.75) is 6.61 Å². The lowest BCUT2D eigenvalue weighted by atomic mass is 10.1. The second kappa shape index (κ2) is 10.0. The average molecular weight is 528 g/mol. The molecule has 5 nitrogen and oxygen atoms in total. The van der Waals surface area contributed by atoms with Crippen LogP contribution in [0.1, 0.15) is 21.5 Å². The molecular formula is C25H17BrClFN2O3. The molecule has 1 amide bonds. The van der Waals surface area contributed by atoms with Crippen molar-refractivity contribution in [3.05, 3.63) is 105 Å². The summed E-state index contributed by atoms with van der Waals surface area (Å²) in [5.41, 5.74) is 3.51. The number of carbonyl (C=O) groups excluding carboxylic acids is 1. The third kappa shape index (κ3) is 5.32. The topological polar surface area (TPSA) is 70.9 Å². The number of nitrogens with one attached hydrogen (secondary N) is 1. The third-order valence-electron chi connectivity index (χ3n) is 4.84. The molecule has 4 rings (SSSR count). The standard InChI is InChI=1S/C25H17BrClFN2O3/c26-20-9-15(10-21(27)24(20)33-14-18-7-3-4-8-22(18)28)13-29-30-25(32)19-11-16-5-1-2-6-17(16)12-23(19)31/h1-13,31H,14H2,(H,30,32). The molecule has 0 heterocycles. The van der Waals surface area contributed by atoms with Crippen molar-refractivity contribution in [1.29, 1.82) is 0 Å². The van der Waals surface area contributed by atoms with E-state index in [2.05, 4.69) is 26.5 Å². The van der Waals surface area contributed by atoms with Gasteiger partial charge in [-0.1, -0.05) is 54.1 Å². The molecule has 0 unspecified atom stereocenters. The monoisotopic (exact) mass is 526 g/mol. The molecule has 0 fully saturated rings. The van der Waals surface area contributed by atoms with Crippen LogP contribution in [-0.2, 0) is 6.61 Å². The van der Waals surface area contributed by atoms with Crippen molar-refractivity contribution in [3.8, 4) is 11.5 Å². The zero-order valence-electron chi connectivity index (χ0n) is 17.1. The van der Waals surface area contributed by atoms with Crippen LogP contribution >= 0.6 is 27.5 Å². The fourth-order valence-electron chi connectivity index (χ4n) is 3.19. The second-order valence-corrected chi connectivity index (χ2v) is 8.37. The number of amides is 1.